The number of hydrazone groups is 1. The van der Waals surface area contributed by atoms with E-state index in [4.69, 9.17) is 4.42 Å². The molecule has 106 valence electrons. The summed E-state index contributed by atoms with van der Waals surface area (Å²) in [4.78, 5) is 4.15. The van der Waals surface area contributed by atoms with Crippen LogP contribution in [0.25, 0.3) is 11.1 Å². The number of para-hydroxylation sites is 2. The fourth-order valence-electron chi connectivity index (χ4n) is 1.77. The summed E-state index contributed by atoms with van der Waals surface area (Å²) < 4.78 is 5.39. The van der Waals surface area contributed by atoms with Crippen molar-refractivity contribution in [3.8, 4) is 17.2 Å². The summed E-state index contributed by atoms with van der Waals surface area (Å²) in [7, 11) is 0. The molecule has 3 aromatic rings. The van der Waals surface area contributed by atoms with Crippen molar-refractivity contribution in [2.75, 3.05) is 5.43 Å². The van der Waals surface area contributed by atoms with Crippen molar-refractivity contribution >= 4 is 23.3 Å². The maximum absolute atomic E-state index is 9.62. The maximum atomic E-state index is 9.62. The van der Waals surface area contributed by atoms with Crippen LogP contribution >= 0.6 is 0 Å². The van der Waals surface area contributed by atoms with Crippen molar-refractivity contribution in [1.82, 2.24) is 4.98 Å². The lowest BCUT2D eigenvalue weighted by atomic mass is 10.2. The second-order valence-electron chi connectivity index (χ2n) is 4.23. The van der Waals surface area contributed by atoms with E-state index < -0.39 is 17.2 Å². The Hall–Kier alpha value is -3.22. The van der Waals surface area contributed by atoms with Crippen LogP contribution in [0.1, 0.15) is 5.56 Å². The summed E-state index contributed by atoms with van der Waals surface area (Å²) in [6.45, 7) is 0. The predicted molar refractivity (Wildman–Crippen MR) is 76.7 cm³/mol. The normalized spacial score (nSPS) is 11.2. The summed E-state index contributed by atoms with van der Waals surface area (Å²) in [6, 6.07) is 10.1. The number of aromatic nitrogens is 1. The highest BCUT2D eigenvalue weighted by Gasteiger charge is 2.09. The molecule has 0 saturated heterocycles. The van der Waals surface area contributed by atoms with Gasteiger partial charge in [0.2, 0.25) is 5.75 Å². The predicted octanol–water partition coefficient (Wildman–Crippen LogP) is 2.39. The van der Waals surface area contributed by atoms with Gasteiger partial charge in [-0.2, -0.15) is 10.1 Å². The molecule has 0 atom stereocenters. The van der Waals surface area contributed by atoms with Crippen LogP contribution in [-0.4, -0.2) is 26.5 Å². The Morgan fingerprint density at radius 1 is 1.05 bits per heavy atom. The highest BCUT2D eigenvalue weighted by atomic mass is 16.4. The highest BCUT2D eigenvalue weighted by Crippen LogP contribution is 2.36. The van der Waals surface area contributed by atoms with Crippen molar-refractivity contribution in [2.45, 2.75) is 0 Å². The van der Waals surface area contributed by atoms with Gasteiger partial charge in [0, 0.05) is 5.56 Å². The van der Waals surface area contributed by atoms with Gasteiger partial charge in [-0.1, -0.05) is 12.1 Å². The topological polar surface area (TPSA) is 111 Å². The Balaban J connectivity index is 1.79. The Kier molecular flexibility index (Phi) is 3.07. The van der Waals surface area contributed by atoms with Gasteiger partial charge < -0.3 is 19.7 Å². The SMILES string of the molecule is Oc1ccc(C=NNc2nc3ccccc3o2)c(O)c1O. The molecule has 0 aliphatic rings. The van der Waals surface area contributed by atoms with Crippen molar-refractivity contribution in [1.29, 1.82) is 0 Å². The second-order valence-corrected chi connectivity index (χ2v) is 4.23. The molecule has 0 bridgehead atoms. The van der Waals surface area contributed by atoms with Crippen LogP contribution < -0.4 is 5.43 Å². The monoisotopic (exact) mass is 285 g/mol. The molecule has 0 fully saturated rings. The number of nitrogens with one attached hydrogen (secondary N) is 1. The Morgan fingerprint density at radius 2 is 1.86 bits per heavy atom. The van der Waals surface area contributed by atoms with E-state index in [0.29, 0.717) is 11.1 Å². The van der Waals surface area contributed by atoms with Gasteiger partial charge >= 0.3 is 6.01 Å². The number of fused-ring (bicyclic) bond motifs is 1. The van der Waals surface area contributed by atoms with Gasteiger partial charge in [-0.3, -0.25) is 0 Å². The van der Waals surface area contributed by atoms with E-state index in [1.54, 1.807) is 12.1 Å². The molecule has 3 rings (SSSR count). The number of rotatable bonds is 3. The van der Waals surface area contributed by atoms with Crippen LogP contribution in [-0.2, 0) is 0 Å². The zero-order chi connectivity index (χ0) is 14.8. The first kappa shape index (κ1) is 12.8. The molecular weight excluding hydrogens is 274 g/mol. The van der Waals surface area contributed by atoms with E-state index in [9.17, 15) is 15.3 Å². The van der Waals surface area contributed by atoms with Gasteiger partial charge in [-0.25, -0.2) is 5.43 Å². The van der Waals surface area contributed by atoms with Gasteiger partial charge in [0.1, 0.15) is 5.52 Å². The number of benzene rings is 2. The highest BCUT2D eigenvalue weighted by molar-refractivity contribution is 5.86. The molecule has 0 unspecified atom stereocenters. The van der Waals surface area contributed by atoms with Gasteiger partial charge in [-0.15, -0.1) is 0 Å². The van der Waals surface area contributed by atoms with Crippen molar-refractivity contribution in [2.24, 2.45) is 5.10 Å². The molecule has 1 aromatic heterocycles. The summed E-state index contributed by atoms with van der Waals surface area (Å²) in [5.74, 6) is -1.46. The lowest BCUT2D eigenvalue weighted by Crippen LogP contribution is -1.91. The quantitative estimate of drug-likeness (QED) is 0.334. The summed E-state index contributed by atoms with van der Waals surface area (Å²) in [5.41, 5.74) is 4.13. The Morgan fingerprint density at radius 3 is 2.67 bits per heavy atom. The van der Waals surface area contributed by atoms with Crippen molar-refractivity contribution in [3.63, 3.8) is 0 Å². The molecule has 4 N–H and O–H groups in total. The third kappa shape index (κ3) is 2.44. The minimum absolute atomic E-state index is 0.204. The van der Waals surface area contributed by atoms with Crippen LogP contribution in [0.5, 0.6) is 17.2 Å². The zero-order valence-electron chi connectivity index (χ0n) is 10.7. The van der Waals surface area contributed by atoms with Gasteiger partial charge in [0.05, 0.1) is 6.21 Å². The lowest BCUT2D eigenvalue weighted by Gasteiger charge is -2.02. The molecule has 0 amide bonds. The van der Waals surface area contributed by atoms with Crippen LogP contribution in [0.15, 0.2) is 45.9 Å². The molecule has 21 heavy (non-hydrogen) atoms. The molecule has 1 heterocycles. The number of aromatic hydroxyl groups is 3. The summed E-state index contributed by atoms with van der Waals surface area (Å²) in [5, 5.41) is 32.1. The fourth-order valence-corrected chi connectivity index (χ4v) is 1.77. The first-order valence-corrected chi connectivity index (χ1v) is 6.03. The molecule has 0 saturated carbocycles. The lowest BCUT2D eigenvalue weighted by molar-refractivity contribution is 0.367. The van der Waals surface area contributed by atoms with Gasteiger partial charge in [0.25, 0.3) is 0 Å². The average Bonchev–Trinajstić information content (AvgIpc) is 2.90. The molecule has 0 spiro atoms. The third-order valence-corrected chi connectivity index (χ3v) is 2.82. The number of hydrogen-bond acceptors (Lipinski definition) is 7. The minimum atomic E-state index is -0.596. The van der Waals surface area contributed by atoms with E-state index in [2.05, 4.69) is 15.5 Å². The number of phenols is 3. The summed E-state index contributed by atoms with van der Waals surface area (Å²) >= 11 is 0. The zero-order valence-corrected chi connectivity index (χ0v) is 10.7. The second kappa shape index (κ2) is 5.04. The van der Waals surface area contributed by atoms with Crippen LogP contribution in [0, 0.1) is 0 Å². The molecule has 2 aromatic carbocycles. The maximum Gasteiger partial charge on any atom is 0.316 e. The standard InChI is InChI=1S/C14H11N3O4/c18-10-6-5-8(12(19)13(10)20)7-15-17-14-16-9-3-1-2-4-11(9)21-14/h1-7,18-20H,(H,16,17). The Bertz CT molecular complexity index is 793. The van der Waals surface area contributed by atoms with Crippen molar-refractivity contribution in [3.05, 3.63) is 42.0 Å². The first-order valence-electron chi connectivity index (χ1n) is 6.03. The smallest absolute Gasteiger partial charge is 0.316 e. The molecule has 0 aliphatic heterocycles. The fraction of sp³-hybridized carbons (Fsp3) is 0. The van der Waals surface area contributed by atoms with Gasteiger partial charge in [-0.05, 0) is 24.3 Å². The van der Waals surface area contributed by atoms with Crippen molar-refractivity contribution < 1.29 is 19.7 Å². The number of phenolic OH excluding ortho intramolecular Hbond substituents is 3. The average molecular weight is 285 g/mol. The minimum Gasteiger partial charge on any atom is -0.504 e. The van der Waals surface area contributed by atoms with Crippen LogP contribution in [0.3, 0.4) is 0 Å². The van der Waals surface area contributed by atoms with E-state index >= 15 is 0 Å². The summed E-state index contributed by atoms with van der Waals surface area (Å²) in [6.07, 6.45) is 1.27. The largest absolute Gasteiger partial charge is 0.504 e. The van der Waals surface area contributed by atoms with E-state index in [0.717, 1.165) is 0 Å². The number of anilines is 1. The molecule has 0 aliphatic carbocycles. The van der Waals surface area contributed by atoms with E-state index in [-0.39, 0.29) is 11.6 Å². The number of hydrogen-bond donors (Lipinski definition) is 4. The molecule has 7 heteroatoms. The number of nitrogens with zero attached hydrogens (tertiary/aromatic N) is 2. The molecule has 7 nitrogen and oxygen atoms in total. The van der Waals surface area contributed by atoms with Crippen LogP contribution in [0.2, 0.25) is 0 Å². The Labute approximate surface area is 118 Å². The van der Waals surface area contributed by atoms with E-state index in [1.165, 1.54) is 18.3 Å². The van der Waals surface area contributed by atoms with Gasteiger partial charge in [0.15, 0.2) is 17.1 Å². The molecule has 0 radical (unpaired) electrons. The first-order chi connectivity index (χ1) is 10.1. The molecular formula is C14H11N3O4. The number of oxazole rings is 1. The third-order valence-electron chi connectivity index (χ3n) is 2.82. The van der Waals surface area contributed by atoms with Crippen LogP contribution in [0.4, 0.5) is 6.01 Å². The van der Waals surface area contributed by atoms with E-state index in [1.807, 2.05) is 12.1 Å².